The zero-order valence-electron chi connectivity index (χ0n) is 20.5. The number of amides is 2. The van der Waals surface area contributed by atoms with Gasteiger partial charge in [0, 0.05) is 44.5 Å². The van der Waals surface area contributed by atoms with Gasteiger partial charge in [0.15, 0.2) is 5.82 Å². The molecule has 36 heavy (non-hydrogen) atoms. The van der Waals surface area contributed by atoms with Gasteiger partial charge in [-0.3, -0.25) is 14.4 Å². The number of hydrogen-bond donors (Lipinski definition) is 3. The smallest absolute Gasteiger partial charge is 0.310 e. The molecule has 1 aliphatic heterocycles. The van der Waals surface area contributed by atoms with Gasteiger partial charge in [-0.15, -0.1) is 12.6 Å². The molecule has 0 saturated carbocycles. The molecule has 0 bridgehead atoms. The molecular formula is C26H31BrN4O4S. The van der Waals surface area contributed by atoms with Crippen molar-refractivity contribution in [3.05, 3.63) is 69.8 Å². The molecule has 1 aromatic carbocycles. The molecule has 2 amide bonds. The van der Waals surface area contributed by atoms with Gasteiger partial charge in [0.25, 0.3) is 5.91 Å². The lowest BCUT2D eigenvalue weighted by atomic mass is 9.99. The van der Waals surface area contributed by atoms with Crippen molar-refractivity contribution in [3.63, 3.8) is 0 Å². The van der Waals surface area contributed by atoms with E-state index in [0.29, 0.717) is 42.6 Å². The Bertz CT molecular complexity index is 1100. The summed E-state index contributed by atoms with van der Waals surface area (Å²) in [5, 5.41) is 11.3. The van der Waals surface area contributed by atoms with E-state index in [2.05, 4.69) is 57.7 Å². The fraction of sp³-hybridized carbons (Fsp3) is 0.346. The predicted molar refractivity (Wildman–Crippen MR) is 146 cm³/mol. The molecule has 0 radical (unpaired) electrons. The topological polar surface area (TPSA) is 112 Å². The Morgan fingerprint density at radius 3 is 2.33 bits per heavy atom. The number of nitrogens with zero attached hydrogens (tertiary/aromatic N) is 3. The molecule has 3 rings (SSSR count). The number of benzene rings is 1. The molecule has 1 fully saturated rings. The van der Waals surface area contributed by atoms with Crippen LogP contribution in [0.25, 0.3) is 11.4 Å². The average molecular weight is 576 g/mol. The second-order valence-electron chi connectivity index (χ2n) is 8.52. The third-order valence-corrected chi connectivity index (χ3v) is 6.01. The van der Waals surface area contributed by atoms with Crippen LogP contribution in [0, 0.1) is 11.8 Å². The Morgan fingerprint density at radius 2 is 1.81 bits per heavy atom. The van der Waals surface area contributed by atoms with Crippen molar-refractivity contribution < 1.29 is 19.5 Å². The molecule has 0 unspecified atom stereocenters. The minimum atomic E-state index is -0.829. The number of carbonyl (C=O) groups is 3. The zero-order valence-corrected chi connectivity index (χ0v) is 23.0. The number of hydrogen-bond acceptors (Lipinski definition) is 6. The fourth-order valence-electron chi connectivity index (χ4n) is 3.10. The first-order chi connectivity index (χ1) is 17.1. The summed E-state index contributed by atoms with van der Waals surface area (Å²) in [4.78, 5) is 44.2. The van der Waals surface area contributed by atoms with Crippen LogP contribution in [-0.4, -0.2) is 57.9 Å². The number of allylic oxidation sites excluding steroid dienone is 3. The maximum Gasteiger partial charge on any atom is 0.310 e. The first-order valence-corrected chi connectivity index (χ1v) is 12.7. The van der Waals surface area contributed by atoms with Crippen LogP contribution >= 0.6 is 28.6 Å². The SMILES string of the molecule is CNC(=O)/C(S)=C/C=C/C(C)C.O=C(O)C1CN(C(=O)CCc2ccc(-c3ncc(Br)cn3)cc2)C1. The number of nitrogens with one attached hydrogen (secondary N) is 1. The molecule has 0 atom stereocenters. The number of halogens is 1. The molecule has 1 saturated heterocycles. The molecule has 8 nitrogen and oxygen atoms in total. The Hall–Kier alpha value is -2.98. The van der Waals surface area contributed by atoms with Crippen LogP contribution in [0.1, 0.15) is 25.8 Å². The second kappa shape index (κ2) is 14.5. The molecule has 10 heteroatoms. The molecule has 0 aliphatic carbocycles. The van der Waals surface area contributed by atoms with Crippen molar-refractivity contribution in [2.24, 2.45) is 11.8 Å². The maximum absolute atomic E-state index is 12.0. The van der Waals surface area contributed by atoms with Gasteiger partial charge in [-0.25, -0.2) is 9.97 Å². The third kappa shape index (κ3) is 9.58. The monoisotopic (exact) mass is 574 g/mol. The third-order valence-electron chi connectivity index (χ3n) is 5.25. The van der Waals surface area contributed by atoms with Gasteiger partial charge in [0.05, 0.1) is 15.3 Å². The number of thiol groups is 1. The number of carboxylic acid groups (broad SMARTS) is 1. The van der Waals surface area contributed by atoms with Crippen molar-refractivity contribution in [1.82, 2.24) is 20.2 Å². The first-order valence-electron chi connectivity index (χ1n) is 11.5. The summed E-state index contributed by atoms with van der Waals surface area (Å²) in [6, 6.07) is 7.80. The highest BCUT2D eigenvalue weighted by Crippen LogP contribution is 2.19. The highest BCUT2D eigenvalue weighted by Gasteiger charge is 2.35. The lowest BCUT2D eigenvalue weighted by molar-refractivity contribution is -0.152. The summed E-state index contributed by atoms with van der Waals surface area (Å²) < 4.78 is 0.831. The number of aliphatic carboxylic acids is 1. The molecule has 1 aliphatic rings. The van der Waals surface area contributed by atoms with Crippen molar-refractivity contribution in [3.8, 4) is 11.4 Å². The Balaban J connectivity index is 0.000000324. The molecule has 0 spiro atoms. The summed E-state index contributed by atoms with van der Waals surface area (Å²) in [7, 11) is 1.58. The quantitative estimate of drug-likeness (QED) is 0.248. The van der Waals surface area contributed by atoms with Gasteiger partial charge in [-0.1, -0.05) is 50.3 Å². The van der Waals surface area contributed by atoms with Crippen LogP contribution in [0.5, 0.6) is 0 Å². The lowest BCUT2D eigenvalue weighted by Gasteiger charge is -2.36. The van der Waals surface area contributed by atoms with Gasteiger partial charge in [0.1, 0.15) is 0 Å². The summed E-state index contributed by atoms with van der Waals surface area (Å²) >= 11 is 7.31. The van der Waals surface area contributed by atoms with E-state index in [1.807, 2.05) is 36.4 Å². The number of aromatic nitrogens is 2. The van der Waals surface area contributed by atoms with E-state index < -0.39 is 11.9 Å². The van der Waals surface area contributed by atoms with Gasteiger partial charge in [0.2, 0.25) is 5.91 Å². The Labute approximate surface area is 225 Å². The standard InChI is InChI=1S/C17H16BrN3O3.C9H15NOS/c18-14-7-19-16(20-8-14)12-4-1-11(2-5-12)3-6-15(22)21-9-13(10-21)17(23)24;1-7(2)5-4-6-8(12)9(11)10-3/h1-2,4-5,7-8,13H,3,6,9-10H2,(H,23,24);4-7,12H,1-3H3,(H,10,11)/b;5-4+,8-6-. The molecule has 2 aromatic rings. The van der Waals surface area contributed by atoms with Crippen molar-refractivity contribution in [2.75, 3.05) is 20.1 Å². The molecular weight excluding hydrogens is 544 g/mol. The van der Waals surface area contributed by atoms with Crippen molar-refractivity contribution in [1.29, 1.82) is 0 Å². The Kier molecular flexibility index (Phi) is 11.8. The van der Waals surface area contributed by atoms with E-state index in [4.69, 9.17) is 5.11 Å². The summed E-state index contributed by atoms with van der Waals surface area (Å²) in [6.07, 6.45) is 9.94. The Morgan fingerprint density at radius 1 is 1.19 bits per heavy atom. The number of carbonyl (C=O) groups excluding carboxylic acids is 2. The second-order valence-corrected chi connectivity index (χ2v) is 9.91. The van der Waals surface area contributed by atoms with E-state index in [1.165, 1.54) is 0 Å². The average Bonchev–Trinajstić information content (AvgIpc) is 2.82. The van der Waals surface area contributed by atoms with Crippen LogP contribution in [0.15, 0.2) is 64.3 Å². The summed E-state index contributed by atoms with van der Waals surface area (Å²) in [5.41, 5.74) is 1.98. The number of aryl methyl sites for hydroxylation is 1. The number of carboxylic acids is 1. The summed E-state index contributed by atoms with van der Waals surface area (Å²) in [6.45, 7) is 4.80. The van der Waals surface area contributed by atoms with Crippen LogP contribution in [0.4, 0.5) is 0 Å². The largest absolute Gasteiger partial charge is 0.481 e. The minimum absolute atomic E-state index is 0.00724. The molecule has 2 N–H and O–H groups in total. The minimum Gasteiger partial charge on any atom is -0.481 e. The van der Waals surface area contributed by atoms with Crippen molar-refractivity contribution >= 4 is 46.3 Å². The number of likely N-dealkylation sites (N-methyl/N-ethyl adjacent to an activating group) is 1. The highest BCUT2D eigenvalue weighted by atomic mass is 79.9. The van der Waals surface area contributed by atoms with E-state index in [-0.39, 0.29) is 11.8 Å². The van der Waals surface area contributed by atoms with Gasteiger partial charge < -0.3 is 15.3 Å². The molecule has 2 heterocycles. The van der Waals surface area contributed by atoms with Gasteiger partial charge >= 0.3 is 5.97 Å². The maximum atomic E-state index is 12.0. The van der Waals surface area contributed by atoms with Crippen LogP contribution in [0.2, 0.25) is 0 Å². The molecule has 192 valence electrons. The summed E-state index contributed by atoms with van der Waals surface area (Å²) in [5.74, 6) is -0.239. The van der Waals surface area contributed by atoms with Crippen LogP contribution in [0.3, 0.4) is 0 Å². The number of rotatable bonds is 8. The zero-order chi connectivity index (χ0) is 26.7. The first kappa shape index (κ1) is 29.3. The molecule has 1 aromatic heterocycles. The lowest BCUT2D eigenvalue weighted by Crippen LogP contribution is -2.53. The van der Waals surface area contributed by atoms with Gasteiger partial charge in [-0.2, -0.15) is 0 Å². The van der Waals surface area contributed by atoms with Crippen LogP contribution < -0.4 is 5.32 Å². The van der Waals surface area contributed by atoms with Crippen molar-refractivity contribution in [2.45, 2.75) is 26.7 Å². The predicted octanol–water partition coefficient (Wildman–Crippen LogP) is 4.14. The van der Waals surface area contributed by atoms with Crippen LogP contribution in [-0.2, 0) is 20.8 Å². The normalized spacial score (nSPS) is 13.7. The fourth-order valence-corrected chi connectivity index (χ4v) is 3.50. The highest BCUT2D eigenvalue weighted by molar-refractivity contribution is 9.10. The van der Waals surface area contributed by atoms with E-state index in [1.54, 1.807) is 30.4 Å². The number of likely N-dealkylation sites (tertiary alicyclic amines) is 1. The van der Waals surface area contributed by atoms with Gasteiger partial charge in [-0.05, 0) is 39.9 Å². The van der Waals surface area contributed by atoms with E-state index in [9.17, 15) is 14.4 Å². The van der Waals surface area contributed by atoms with E-state index in [0.717, 1.165) is 15.6 Å². The van der Waals surface area contributed by atoms with E-state index >= 15 is 0 Å².